The molecule has 0 saturated heterocycles. The summed E-state index contributed by atoms with van der Waals surface area (Å²) in [6, 6.07) is 2.94. The van der Waals surface area contributed by atoms with Gasteiger partial charge in [-0.05, 0) is 23.3 Å². The van der Waals surface area contributed by atoms with Crippen LogP contribution in [-0.2, 0) is 24.3 Å². The van der Waals surface area contributed by atoms with Crippen molar-refractivity contribution >= 4 is 17.5 Å². The van der Waals surface area contributed by atoms with E-state index in [1.165, 1.54) is 29.2 Å². The van der Waals surface area contributed by atoms with Crippen molar-refractivity contribution in [3.05, 3.63) is 59.3 Å². The van der Waals surface area contributed by atoms with E-state index >= 15 is 0 Å². The van der Waals surface area contributed by atoms with E-state index in [1.54, 1.807) is 12.3 Å². The number of nitrogens with one attached hydrogen (secondary N) is 2. The Bertz CT molecular complexity index is 1130. The van der Waals surface area contributed by atoms with Crippen LogP contribution in [0.15, 0.2) is 36.9 Å². The number of amides is 2. The monoisotopic (exact) mass is 470 g/mol. The molecular formula is C20H19F5N6O2. The molecule has 3 aromatic rings. The van der Waals surface area contributed by atoms with Gasteiger partial charge in [0, 0.05) is 31.8 Å². The van der Waals surface area contributed by atoms with Crippen LogP contribution in [0.1, 0.15) is 40.0 Å². The summed E-state index contributed by atoms with van der Waals surface area (Å²) in [7, 11) is 0. The molecule has 0 spiro atoms. The van der Waals surface area contributed by atoms with Crippen LogP contribution in [0.3, 0.4) is 0 Å². The summed E-state index contributed by atoms with van der Waals surface area (Å²) < 4.78 is 63.0. The molecular weight excluding hydrogens is 451 g/mol. The van der Waals surface area contributed by atoms with Crippen molar-refractivity contribution < 1.29 is 31.5 Å². The first-order chi connectivity index (χ1) is 15.6. The number of hydrogen-bond donors (Lipinski definition) is 2. The predicted octanol–water partition coefficient (Wildman–Crippen LogP) is 2.82. The second-order valence-electron chi connectivity index (χ2n) is 7.15. The zero-order valence-electron chi connectivity index (χ0n) is 17.1. The van der Waals surface area contributed by atoms with Crippen LogP contribution >= 0.6 is 0 Å². The molecule has 0 bridgehead atoms. The topological polar surface area (TPSA) is 101 Å². The molecule has 3 heterocycles. The fraction of sp³-hybridized carbons (Fsp3) is 0.350. The van der Waals surface area contributed by atoms with Crippen molar-refractivity contribution in [3.8, 4) is 0 Å². The molecule has 0 atom stereocenters. The highest BCUT2D eigenvalue weighted by Crippen LogP contribution is 2.21. The van der Waals surface area contributed by atoms with E-state index in [0.717, 1.165) is 0 Å². The minimum atomic E-state index is -4.40. The summed E-state index contributed by atoms with van der Waals surface area (Å²) in [5, 5.41) is 9.13. The third kappa shape index (κ3) is 7.47. The van der Waals surface area contributed by atoms with Gasteiger partial charge in [0.15, 0.2) is 5.65 Å². The maximum absolute atomic E-state index is 12.5. The normalized spacial score (nSPS) is 11.7. The number of rotatable bonds is 9. The molecule has 0 saturated carbocycles. The molecule has 2 N–H and O–H groups in total. The molecule has 8 nitrogen and oxygen atoms in total. The summed E-state index contributed by atoms with van der Waals surface area (Å²) in [5.41, 5.74) is 1.78. The van der Waals surface area contributed by atoms with E-state index in [9.17, 15) is 31.5 Å². The molecule has 3 rings (SSSR count). The van der Waals surface area contributed by atoms with Gasteiger partial charge in [-0.2, -0.15) is 18.3 Å². The van der Waals surface area contributed by atoms with Gasteiger partial charge in [0.2, 0.25) is 12.3 Å². The standard InChI is InChI=1S/C20H19F5N6O2/c21-16(22)4-12-3-14(9-26-6-12)19(33)28-10-15-11-31-17(30-15)5-13(8-29-31)7-27-18(32)1-2-20(23,24)25/h3,5-6,8-9,11,16H,1-2,4,7,10H2,(H,27,32)(H,28,33). The van der Waals surface area contributed by atoms with E-state index in [2.05, 4.69) is 25.7 Å². The molecule has 0 radical (unpaired) electrons. The summed E-state index contributed by atoms with van der Waals surface area (Å²) >= 11 is 0. The lowest BCUT2D eigenvalue weighted by Gasteiger charge is -2.07. The van der Waals surface area contributed by atoms with E-state index < -0.39 is 43.7 Å². The zero-order chi connectivity index (χ0) is 24.0. The lowest BCUT2D eigenvalue weighted by atomic mass is 10.1. The van der Waals surface area contributed by atoms with Gasteiger partial charge in [-0.3, -0.25) is 14.6 Å². The number of fused-ring (bicyclic) bond motifs is 1. The Morgan fingerprint density at radius 3 is 2.55 bits per heavy atom. The third-order valence-corrected chi connectivity index (χ3v) is 4.43. The van der Waals surface area contributed by atoms with Crippen LogP contribution < -0.4 is 10.6 Å². The number of hydrogen-bond acceptors (Lipinski definition) is 5. The number of alkyl halides is 5. The maximum atomic E-state index is 12.5. The van der Waals surface area contributed by atoms with Crippen molar-refractivity contribution in [1.82, 2.24) is 30.2 Å². The number of nitrogens with zero attached hydrogens (tertiary/aromatic N) is 4. The first-order valence-electron chi connectivity index (χ1n) is 9.76. The second kappa shape index (κ2) is 10.3. The van der Waals surface area contributed by atoms with Crippen molar-refractivity contribution in [2.45, 2.75) is 45.0 Å². The maximum Gasteiger partial charge on any atom is 0.389 e. The molecule has 0 unspecified atom stereocenters. The van der Waals surface area contributed by atoms with Crippen molar-refractivity contribution in [2.24, 2.45) is 0 Å². The predicted molar refractivity (Wildman–Crippen MR) is 105 cm³/mol. The Morgan fingerprint density at radius 2 is 1.82 bits per heavy atom. The number of carbonyl (C=O) groups is 2. The number of carbonyl (C=O) groups excluding carboxylic acids is 2. The lowest BCUT2D eigenvalue weighted by molar-refractivity contribution is -0.144. The molecule has 2 amide bonds. The summed E-state index contributed by atoms with van der Waals surface area (Å²) in [6.07, 6.45) is -3.77. The Balaban J connectivity index is 1.56. The largest absolute Gasteiger partial charge is 0.389 e. The van der Waals surface area contributed by atoms with Gasteiger partial charge in [0.05, 0.1) is 36.6 Å². The summed E-state index contributed by atoms with van der Waals surface area (Å²) in [6.45, 7) is 0.0197. The van der Waals surface area contributed by atoms with E-state index in [1.807, 2.05) is 0 Å². The molecule has 3 aromatic heterocycles. The SMILES string of the molecule is O=C(CCC(F)(F)F)NCc1cnn2cc(CNC(=O)c3cncc(CC(F)F)c3)nc2c1. The van der Waals surface area contributed by atoms with E-state index in [4.69, 9.17) is 0 Å². The van der Waals surface area contributed by atoms with Crippen molar-refractivity contribution in [3.63, 3.8) is 0 Å². The van der Waals surface area contributed by atoms with Gasteiger partial charge in [0.1, 0.15) is 0 Å². The second-order valence-corrected chi connectivity index (χ2v) is 7.15. The summed E-state index contributed by atoms with van der Waals surface area (Å²) in [5.74, 6) is -1.24. The van der Waals surface area contributed by atoms with Crippen LogP contribution in [0.4, 0.5) is 22.0 Å². The van der Waals surface area contributed by atoms with E-state index in [-0.39, 0.29) is 24.2 Å². The highest BCUT2D eigenvalue weighted by atomic mass is 19.4. The van der Waals surface area contributed by atoms with E-state index in [0.29, 0.717) is 16.9 Å². The minimum absolute atomic E-state index is 0.0128. The fourth-order valence-corrected chi connectivity index (χ4v) is 2.87. The summed E-state index contributed by atoms with van der Waals surface area (Å²) in [4.78, 5) is 31.9. The number of aromatic nitrogens is 4. The molecule has 0 aliphatic carbocycles. The Kier molecular flexibility index (Phi) is 7.51. The molecule has 33 heavy (non-hydrogen) atoms. The molecule has 176 valence electrons. The van der Waals surface area contributed by atoms with Crippen LogP contribution in [0.25, 0.3) is 5.65 Å². The highest BCUT2D eigenvalue weighted by molar-refractivity contribution is 5.93. The quantitative estimate of drug-likeness (QED) is 0.469. The number of imidazole rings is 1. The van der Waals surface area contributed by atoms with Crippen molar-refractivity contribution in [1.29, 1.82) is 0 Å². The fourth-order valence-electron chi connectivity index (χ4n) is 2.87. The van der Waals surface area contributed by atoms with Gasteiger partial charge in [-0.25, -0.2) is 18.3 Å². The van der Waals surface area contributed by atoms with Crippen LogP contribution in [0, 0.1) is 0 Å². The van der Waals surface area contributed by atoms with Gasteiger partial charge in [-0.15, -0.1) is 0 Å². The first kappa shape index (κ1) is 24.0. The van der Waals surface area contributed by atoms with Crippen LogP contribution in [0.5, 0.6) is 0 Å². The van der Waals surface area contributed by atoms with Crippen LogP contribution in [0.2, 0.25) is 0 Å². The highest BCUT2D eigenvalue weighted by Gasteiger charge is 2.27. The average Bonchev–Trinajstić information content (AvgIpc) is 3.16. The Morgan fingerprint density at radius 1 is 1.03 bits per heavy atom. The van der Waals surface area contributed by atoms with Crippen LogP contribution in [-0.4, -0.2) is 44.0 Å². The number of halogens is 5. The van der Waals surface area contributed by atoms with Gasteiger partial charge < -0.3 is 10.6 Å². The minimum Gasteiger partial charge on any atom is -0.352 e. The van der Waals surface area contributed by atoms with Gasteiger partial charge in [0.25, 0.3) is 5.91 Å². The first-order valence-corrected chi connectivity index (χ1v) is 9.76. The molecule has 0 aliphatic rings. The molecule has 13 heteroatoms. The van der Waals surface area contributed by atoms with Crippen molar-refractivity contribution in [2.75, 3.05) is 0 Å². The Hall–Kier alpha value is -3.64. The molecule has 0 aliphatic heterocycles. The molecule has 0 aromatic carbocycles. The lowest BCUT2D eigenvalue weighted by Crippen LogP contribution is -2.24. The Labute approximate surface area is 184 Å². The third-order valence-electron chi connectivity index (χ3n) is 4.43. The van der Waals surface area contributed by atoms with Gasteiger partial charge >= 0.3 is 6.18 Å². The molecule has 0 fully saturated rings. The average molecular weight is 470 g/mol. The van der Waals surface area contributed by atoms with Gasteiger partial charge in [-0.1, -0.05) is 0 Å². The number of pyridine rings is 1. The smallest absolute Gasteiger partial charge is 0.352 e. The zero-order valence-corrected chi connectivity index (χ0v) is 17.1.